The van der Waals surface area contributed by atoms with E-state index in [1.54, 1.807) is 0 Å². The first-order valence-electron chi connectivity index (χ1n) is 6.95. The molecule has 0 atom stereocenters. The van der Waals surface area contributed by atoms with E-state index < -0.39 is 11.0 Å². The van der Waals surface area contributed by atoms with Gasteiger partial charge in [0.25, 0.3) is 0 Å². The van der Waals surface area contributed by atoms with Gasteiger partial charge in [0.1, 0.15) is 0 Å². The number of esters is 1. The molecule has 2 aliphatic rings. The van der Waals surface area contributed by atoms with Gasteiger partial charge >= 0.3 is 5.97 Å². The number of rotatable bonds is 2. The van der Waals surface area contributed by atoms with Gasteiger partial charge in [-0.15, -0.1) is 0 Å². The summed E-state index contributed by atoms with van der Waals surface area (Å²) in [5, 5.41) is 10.7. The van der Waals surface area contributed by atoms with Gasteiger partial charge in [-0.25, -0.2) is 0 Å². The van der Waals surface area contributed by atoms with Crippen molar-refractivity contribution in [2.24, 2.45) is 5.41 Å². The number of carbonyl (C=O) groups is 1. The zero-order valence-electron chi connectivity index (χ0n) is 10.8. The average molecular weight is 240 g/mol. The largest absolute Gasteiger partial charge is 0.469 e. The van der Waals surface area contributed by atoms with Crippen molar-refractivity contribution in [3.63, 3.8) is 0 Å². The third-order valence-electron chi connectivity index (χ3n) is 4.85. The van der Waals surface area contributed by atoms with Gasteiger partial charge in [-0.1, -0.05) is 32.1 Å². The molecule has 0 unspecified atom stereocenters. The van der Waals surface area contributed by atoms with Crippen molar-refractivity contribution >= 4 is 5.97 Å². The summed E-state index contributed by atoms with van der Waals surface area (Å²) in [6.45, 7) is 0. The highest BCUT2D eigenvalue weighted by Crippen LogP contribution is 2.53. The second-order valence-electron chi connectivity index (χ2n) is 5.73. The molecule has 98 valence electrons. The SMILES string of the molecule is COC(=O)C1(C2(O)CCC2)CCCCCCC1. The number of hydrogen-bond donors (Lipinski definition) is 1. The maximum atomic E-state index is 12.2. The summed E-state index contributed by atoms with van der Waals surface area (Å²) in [6, 6.07) is 0. The number of aliphatic hydroxyl groups is 1. The maximum Gasteiger partial charge on any atom is 0.314 e. The molecule has 0 bridgehead atoms. The van der Waals surface area contributed by atoms with Gasteiger partial charge in [0.2, 0.25) is 0 Å². The summed E-state index contributed by atoms with van der Waals surface area (Å²) < 4.78 is 5.01. The van der Waals surface area contributed by atoms with Crippen LogP contribution in [0.15, 0.2) is 0 Å². The van der Waals surface area contributed by atoms with Gasteiger partial charge in [0.15, 0.2) is 0 Å². The van der Waals surface area contributed by atoms with Crippen LogP contribution in [0, 0.1) is 5.41 Å². The number of carbonyl (C=O) groups excluding carboxylic acids is 1. The minimum absolute atomic E-state index is 0.179. The van der Waals surface area contributed by atoms with Crippen molar-refractivity contribution in [1.29, 1.82) is 0 Å². The van der Waals surface area contributed by atoms with E-state index in [0.29, 0.717) is 0 Å². The molecule has 0 heterocycles. The topological polar surface area (TPSA) is 46.5 Å². The Morgan fingerprint density at radius 2 is 1.47 bits per heavy atom. The molecule has 0 radical (unpaired) electrons. The Balaban J connectivity index is 2.23. The number of methoxy groups -OCH3 is 1. The van der Waals surface area contributed by atoms with E-state index in [2.05, 4.69) is 0 Å². The molecule has 0 aromatic carbocycles. The lowest BCUT2D eigenvalue weighted by atomic mass is 9.57. The minimum atomic E-state index is -0.780. The molecule has 0 aromatic rings. The molecular formula is C14H24O3. The zero-order valence-corrected chi connectivity index (χ0v) is 10.8. The fourth-order valence-electron chi connectivity index (χ4n) is 3.55. The molecule has 0 saturated heterocycles. The average Bonchev–Trinajstić information content (AvgIpc) is 2.25. The Morgan fingerprint density at radius 1 is 0.941 bits per heavy atom. The monoisotopic (exact) mass is 240 g/mol. The van der Waals surface area contributed by atoms with E-state index in [9.17, 15) is 9.90 Å². The molecule has 1 N–H and O–H groups in total. The van der Waals surface area contributed by atoms with Crippen LogP contribution in [0.3, 0.4) is 0 Å². The van der Waals surface area contributed by atoms with Gasteiger partial charge in [0, 0.05) is 0 Å². The van der Waals surface area contributed by atoms with E-state index in [-0.39, 0.29) is 5.97 Å². The molecule has 2 saturated carbocycles. The normalized spacial score (nSPS) is 27.4. The van der Waals surface area contributed by atoms with Crippen molar-refractivity contribution in [3.05, 3.63) is 0 Å². The lowest BCUT2D eigenvalue weighted by Gasteiger charge is -2.51. The Hall–Kier alpha value is -0.570. The van der Waals surface area contributed by atoms with Crippen molar-refractivity contribution in [3.8, 4) is 0 Å². The Labute approximate surface area is 104 Å². The second kappa shape index (κ2) is 4.97. The molecule has 0 aromatic heterocycles. The predicted molar refractivity (Wildman–Crippen MR) is 65.6 cm³/mol. The highest BCUT2D eigenvalue weighted by Gasteiger charge is 2.58. The van der Waals surface area contributed by atoms with Gasteiger partial charge in [-0.2, -0.15) is 0 Å². The molecule has 0 spiro atoms. The Bertz CT molecular complexity index is 273. The van der Waals surface area contributed by atoms with Crippen molar-refractivity contribution in [1.82, 2.24) is 0 Å². The van der Waals surface area contributed by atoms with Gasteiger partial charge < -0.3 is 9.84 Å². The Morgan fingerprint density at radius 3 is 1.88 bits per heavy atom. The van der Waals surface area contributed by atoms with E-state index in [4.69, 9.17) is 4.74 Å². The first-order chi connectivity index (χ1) is 8.15. The van der Waals surface area contributed by atoms with E-state index >= 15 is 0 Å². The molecule has 2 fully saturated rings. The summed E-state index contributed by atoms with van der Waals surface area (Å²) >= 11 is 0. The van der Waals surface area contributed by atoms with Crippen molar-refractivity contribution in [2.45, 2.75) is 69.8 Å². The van der Waals surface area contributed by atoms with Gasteiger partial charge in [-0.05, 0) is 32.1 Å². The minimum Gasteiger partial charge on any atom is -0.469 e. The predicted octanol–water partition coefficient (Wildman–Crippen LogP) is 2.81. The Kier molecular flexibility index (Phi) is 3.76. The summed E-state index contributed by atoms with van der Waals surface area (Å²) in [7, 11) is 1.45. The lowest BCUT2D eigenvalue weighted by Crippen LogP contribution is -2.58. The van der Waals surface area contributed by atoms with Crippen LogP contribution in [0.2, 0.25) is 0 Å². The first kappa shape index (κ1) is 12.9. The van der Waals surface area contributed by atoms with Crippen LogP contribution in [-0.4, -0.2) is 23.8 Å². The third-order valence-corrected chi connectivity index (χ3v) is 4.85. The van der Waals surface area contributed by atoms with Crippen molar-refractivity contribution < 1.29 is 14.6 Å². The lowest BCUT2D eigenvalue weighted by molar-refractivity contribution is -0.192. The van der Waals surface area contributed by atoms with Crippen LogP contribution in [0.4, 0.5) is 0 Å². The summed E-state index contributed by atoms with van der Waals surface area (Å²) in [5.74, 6) is -0.179. The molecule has 0 amide bonds. The quantitative estimate of drug-likeness (QED) is 0.755. The highest BCUT2D eigenvalue weighted by atomic mass is 16.5. The highest BCUT2D eigenvalue weighted by molar-refractivity contribution is 5.78. The van der Waals surface area contributed by atoms with Crippen LogP contribution in [0.5, 0.6) is 0 Å². The molecule has 17 heavy (non-hydrogen) atoms. The molecule has 3 heteroatoms. The third kappa shape index (κ3) is 2.10. The van der Waals surface area contributed by atoms with Crippen LogP contribution in [0.25, 0.3) is 0 Å². The molecular weight excluding hydrogens is 216 g/mol. The molecule has 3 nitrogen and oxygen atoms in total. The fourth-order valence-corrected chi connectivity index (χ4v) is 3.55. The second-order valence-corrected chi connectivity index (χ2v) is 5.73. The summed E-state index contributed by atoms with van der Waals surface area (Å²) in [4.78, 5) is 12.2. The maximum absolute atomic E-state index is 12.2. The van der Waals surface area contributed by atoms with E-state index in [1.807, 2.05) is 0 Å². The molecule has 2 rings (SSSR count). The van der Waals surface area contributed by atoms with Crippen molar-refractivity contribution in [2.75, 3.05) is 7.11 Å². The standard InChI is InChI=1S/C14H24O3/c1-17-12(15)13(14(16)10-7-11-14)8-5-3-2-4-6-9-13/h16H,2-11H2,1H3. The van der Waals surface area contributed by atoms with E-state index in [1.165, 1.54) is 26.4 Å². The number of ether oxygens (including phenoxy) is 1. The van der Waals surface area contributed by atoms with Crippen LogP contribution >= 0.6 is 0 Å². The summed E-state index contributed by atoms with van der Waals surface area (Å²) in [6.07, 6.45) is 9.86. The fraction of sp³-hybridized carbons (Fsp3) is 0.929. The van der Waals surface area contributed by atoms with Crippen LogP contribution in [-0.2, 0) is 9.53 Å². The van der Waals surface area contributed by atoms with Crippen LogP contribution in [0.1, 0.15) is 64.2 Å². The van der Waals surface area contributed by atoms with Gasteiger partial charge in [0.05, 0.1) is 18.1 Å². The number of hydrogen-bond acceptors (Lipinski definition) is 3. The summed E-state index contributed by atoms with van der Waals surface area (Å²) in [5.41, 5.74) is -1.39. The first-order valence-corrected chi connectivity index (χ1v) is 6.95. The molecule has 0 aliphatic heterocycles. The van der Waals surface area contributed by atoms with E-state index in [0.717, 1.165) is 44.9 Å². The van der Waals surface area contributed by atoms with Crippen LogP contribution < -0.4 is 0 Å². The zero-order chi connectivity index (χ0) is 12.4. The molecule has 2 aliphatic carbocycles. The van der Waals surface area contributed by atoms with Gasteiger partial charge in [-0.3, -0.25) is 4.79 Å². The smallest absolute Gasteiger partial charge is 0.314 e.